The largest absolute Gasteiger partial charge is 1.00 e. The molecule has 0 aliphatic carbocycles. The van der Waals surface area contributed by atoms with Crippen molar-refractivity contribution in [2.45, 2.75) is 26.0 Å². The molecular weight excluding hydrogens is 606 g/mol. The molecular formula is C13H6N6Na2O12S4-2. The molecule has 2 aromatic rings. The van der Waals surface area contributed by atoms with E-state index in [4.69, 9.17) is 11.1 Å². The van der Waals surface area contributed by atoms with E-state index in [1.165, 1.54) is 0 Å². The third kappa shape index (κ3) is 8.34. The summed E-state index contributed by atoms with van der Waals surface area (Å²) in [5.41, 5.74) is 13.3. The Bertz CT molecular complexity index is 1650. The Labute approximate surface area is 252 Å². The summed E-state index contributed by atoms with van der Waals surface area (Å²) in [7, 11) is -23.3. The second-order valence-electron chi connectivity index (χ2n) is 6.15. The number of rotatable bonds is 8. The fourth-order valence-corrected chi connectivity index (χ4v) is 6.92. The van der Waals surface area contributed by atoms with Crippen LogP contribution in [0.5, 0.6) is 0 Å². The van der Waals surface area contributed by atoms with Gasteiger partial charge in [-0.1, -0.05) is 22.4 Å². The van der Waals surface area contributed by atoms with Gasteiger partial charge >= 0.3 is 59.1 Å². The van der Waals surface area contributed by atoms with Gasteiger partial charge in [-0.15, -0.1) is 0 Å². The second kappa shape index (κ2) is 12.7. The molecule has 2 rings (SSSR count). The molecule has 188 valence electrons. The van der Waals surface area contributed by atoms with Crippen LogP contribution in [-0.2, 0) is 46.9 Å². The van der Waals surface area contributed by atoms with Crippen molar-refractivity contribution < 1.29 is 111 Å². The van der Waals surface area contributed by atoms with Gasteiger partial charge in [0.05, 0.1) is 19.6 Å². The topological polar surface area (TPSA) is 326 Å². The van der Waals surface area contributed by atoms with Gasteiger partial charge in [-0.25, -0.2) is 33.7 Å². The monoisotopic (exact) mass is 612 g/mol. The van der Waals surface area contributed by atoms with Gasteiger partial charge in [0.25, 0.3) is 0 Å². The molecule has 0 atom stereocenters. The first-order valence-corrected chi connectivity index (χ1v) is 13.7. The van der Waals surface area contributed by atoms with Crippen molar-refractivity contribution in [1.29, 1.82) is 0 Å². The SMILES string of the molecule is [N-]=[N+]=Nc1ccc(S(=O)(=O)[O-])c(S(=O)(=O)[O-])c1Cc1c(N=[N+]=[N-])ccc(S(=O)(=O)[O-])c1S(=O)(=O)[O-].[Na+].[Na+]. The summed E-state index contributed by atoms with van der Waals surface area (Å²) in [6, 6.07) is 1.67. The molecule has 0 bridgehead atoms. The minimum atomic E-state index is -5.94. The number of benzene rings is 2. The van der Waals surface area contributed by atoms with E-state index in [0.717, 1.165) is 0 Å². The Balaban J connectivity index is 0.00000648. The molecule has 0 amide bonds. The third-order valence-corrected chi connectivity index (χ3v) is 8.05. The predicted molar refractivity (Wildman–Crippen MR) is 105 cm³/mol. The van der Waals surface area contributed by atoms with Crippen LogP contribution >= 0.6 is 0 Å². The van der Waals surface area contributed by atoms with Crippen LogP contribution in [0, 0.1) is 0 Å². The molecule has 0 unspecified atom stereocenters. The van der Waals surface area contributed by atoms with Crippen molar-refractivity contribution in [2.75, 3.05) is 0 Å². The van der Waals surface area contributed by atoms with Crippen molar-refractivity contribution in [3.8, 4) is 0 Å². The molecule has 0 fully saturated rings. The maximum Gasteiger partial charge on any atom is 1.00 e. The van der Waals surface area contributed by atoms with E-state index in [2.05, 4.69) is 20.1 Å². The van der Waals surface area contributed by atoms with Gasteiger partial charge in [0.15, 0.2) is 0 Å². The van der Waals surface area contributed by atoms with Crippen molar-refractivity contribution in [3.05, 3.63) is 56.3 Å². The summed E-state index contributed by atoms with van der Waals surface area (Å²) in [6.07, 6.45) is -1.46. The fourth-order valence-electron chi connectivity index (χ4n) is 2.94. The van der Waals surface area contributed by atoms with Gasteiger partial charge in [-0.3, -0.25) is 0 Å². The average molecular weight is 612 g/mol. The van der Waals surface area contributed by atoms with Gasteiger partial charge in [0.1, 0.15) is 40.5 Å². The first-order valence-electron chi connectivity index (χ1n) is 8.09. The van der Waals surface area contributed by atoms with Crippen LogP contribution in [0.25, 0.3) is 20.9 Å². The summed E-state index contributed by atoms with van der Waals surface area (Å²) in [6.45, 7) is 0. The van der Waals surface area contributed by atoms with E-state index >= 15 is 0 Å². The van der Waals surface area contributed by atoms with Crippen molar-refractivity contribution in [3.63, 3.8) is 0 Å². The van der Waals surface area contributed by atoms with Crippen LogP contribution in [0.1, 0.15) is 11.1 Å². The average Bonchev–Trinajstić information content (AvgIpc) is 2.66. The van der Waals surface area contributed by atoms with Crippen LogP contribution in [0.15, 0.2) is 54.1 Å². The van der Waals surface area contributed by atoms with Gasteiger partial charge in [-0.2, -0.15) is 0 Å². The summed E-state index contributed by atoms with van der Waals surface area (Å²) in [5.74, 6) is 0. The normalized spacial score (nSPS) is 11.8. The van der Waals surface area contributed by atoms with Crippen molar-refractivity contribution in [2.24, 2.45) is 10.2 Å². The number of hydrogen-bond donors (Lipinski definition) is 0. The van der Waals surface area contributed by atoms with Crippen LogP contribution in [-0.4, -0.2) is 51.9 Å². The Morgan fingerprint density at radius 2 is 0.892 bits per heavy atom. The molecule has 0 aromatic heterocycles. The molecule has 0 aliphatic rings. The van der Waals surface area contributed by atoms with E-state index in [1.807, 2.05) is 0 Å². The van der Waals surface area contributed by atoms with E-state index in [1.54, 1.807) is 0 Å². The summed E-state index contributed by atoms with van der Waals surface area (Å²) < 4.78 is 141. The van der Waals surface area contributed by atoms with Crippen molar-refractivity contribution >= 4 is 51.8 Å². The van der Waals surface area contributed by atoms with E-state index in [-0.39, 0.29) is 59.1 Å². The maximum atomic E-state index is 11.9. The number of hydrogen-bond acceptors (Lipinski definition) is 14. The minimum absolute atomic E-state index is 0. The maximum absolute atomic E-state index is 11.9. The van der Waals surface area contributed by atoms with Crippen LogP contribution in [0.4, 0.5) is 11.4 Å². The standard InChI is InChI=1S/C13H10N6O12S4.2Na/c14-18-16-8-1-3-10(32(20,21)22)12(34(26,27)28)6(8)5-7-9(17-19-15)2-4-11(33(23,24)25)13(7)35(29,30)31;;/h1-4H,5H2,(H,20,21,22)(H,23,24,25)(H,26,27,28)(H,29,30,31);;/q;2*+1/p-4. The second-order valence-corrected chi connectivity index (χ2v) is 11.5. The fraction of sp³-hybridized carbons (Fsp3) is 0.0769. The van der Waals surface area contributed by atoms with Gasteiger partial charge in [0, 0.05) is 27.6 Å². The first kappa shape index (κ1) is 35.7. The quantitative estimate of drug-likeness (QED) is 0.0887. The van der Waals surface area contributed by atoms with Gasteiger partial charge in [-0.05, 0) is 34.3 Å². The molecule has 37 heavy (non-hydrogen) atoms. The van der Waals surface area contributed by atoms with E-state index in [0.29, 0.717) is 24.3 Å². The Hall–Kier alpha value is -1.30. The van der Waals surface area contributed by atoms with E-state index in [9.17, 15) is 51.9 Å². The van der Waals surface area contributed by atoms with Gasteiger partial charge in [0.2, 0.25) is 0 Å². The summed E-state index contributed by atoms with van der Waals surface area (Å²) in [4.78, 5) is -2.37. The molecule has 0 aliphatic heterocycles. The molecule has 0 saturated carbocycles. The van der Waals surface area contributed by atoms with Crippen molar-refractivity contribution in [1.82, 2.24) is 0 Å². The number of azide groups is 2. The van der Waals surface area contributed by atoms with Crippen LogP contribution in [0.2, 0.25) is 0 Å². The summed E-state index contributed by atoms with van der Waals surface area (Å²) in [5, 5.41) is 6.02. The molecule has 0 saturated heterocycles. The summed E-state index contributed by atoms with van der Waals surface area (Å²) >= 11 is 0. The molecule has 0 heterocycles. The molecule has 18 nitrogen and oxygen atoms in total. The molecule has 0 radical (unpaired) electrons. The molecule has 2 aromatic carbocycles. The molecule has 24 heteroatoms. The number of nitrogens with zero attached hydrogens (tertiary/aromatic N) is 6. The zero-order valence-corrected chi connectivity index (χ0v) is 25.5. The van der Waals surface area contributed by atoms with E-state index < -0.39 is 89.0 Å². The third-order valence-electron chi connectivity index (χ3n) is 4.10. The zero-order valence-electron chi connectivity index (χ0n) is 18.2. The zero-order chi connectivity index (χ0) is 27.0. The van der Waals surface area contributed by atoms with Crippen LogP contribution in [0.3, 0.4) is 0 Å². The van der Waals surface area contributed by atoms with Gasteiger partial charge < -0.3 is 18.2 Å². The Morgan fingerprint density at radius 3 is 1.11 bits per heavy atom. The van der Waals surface area contributed by atoms with Crippen LogP contribution < -0.4 is 59.1 Å². The Kier molecular flexibility index (Phi) is 12.3. The first-order chi connectivity index (χ1) is 15.8. The molecule has 0 spiro atoms. The minimum Gasteiger partial charge on any atom is -0.744 e. The smallest absolute Gasteiger partial charge is 0.744 e. The molecule has 0 N–H and O–H groups in total. The Morgan fingerprint density at radius 1 is 0.595 bits per heavy atom. The predicted octanol–water partition coefficient (Wildman–Crippen LogP) is -5.21.